The molecular weight excluding hydrogens is 339 g/mol. The Labute approximate surface area is 154 Å². The highest BCUT2D eigenvalue weighted by Crippen LogP contribution is 2.33. The van der Waals surface area contributed by atoms with E-state index in [1.54, 1.807) is 12.1 Å². The van der Waals surface area contributed by atoms with E-state index in [0.717, 1.165) is 39.0 Å². The van der Waals surface area contributed by atoms with E-state index in [0.29, 0.717) is 0 Å². The Bertz CT molecular complexity index is 1240. The van der Waals surface area contributed by atoms with Crippen molar-refractivity contribution in [1.82, 2.24) is 14.8 Å². The van der Waals surface area contributed by atoms with Crippen LogP contribution in [0.2, 0.25) is 0 Å². The van der Waals surface area contributed by atoms with Gasteiger partial charge in [-0.2, -0.15) is 5.10 Å². The molecule has 5 aromatic rings. The Kier molecular flexibility index (Phi) is 3.57. The van der Waals surface area contributed by atoms with Gasteiger partial charge in [-0.1, -0.05) is 36.4 Å². The van der Waals surface area contributed by atoms with Gasteiger partial charge < -0.3 is 5.32 Å². The Morgan fingerprint density at radius 2 is 1.52 bits per heavy atom. The maximum absolute atomic E-state index is 13.3. The average Bonchev–Trinajstić information content (AvgIpc) is 3.14. The SMILES string of the molecule is Fc1ccc(Nc2c3ccccc3nc3c2cnn3-c2ccccc2)cc1. The molecule has 4 nitrogen and oxygen atoms in total. The van der Waals surface area contributed by atoms with Gasteiger partial charge >= 0.3 is 0 Å². The molecule has 0 saturated carbocycles. The number of benzene rings is 3. The highest BCUT2D eigenvalue weighted by molar-refractivity contribution is 6.07. The summed E-state index contributed by atoms with van der Waals surface area (Å²) in [5.74, 6) is -0.262. The van der Waals surface area contributed by atoms with E-state index in [9.17, 15) is 4.39 Å². The Morgan fingerprint density at radius 3 is 2.33 bits per heavy atom. The topological polar surface area (TPSA) is 42.7 Å². The van der Waals surface area contributed by atoms with Crippen LogP contribution in [0.4, 0.5) is 15.8 Å². The third-order valence-corrected chi connectivity index (χ3v) is 4.53. The lowest BCUT2D eigenvalue weighted by atomic mass is 10.1. The van der Waals surface area contributed by atoms with Gasteiger partial charge in [0.05, 0.1) is 28.5 Å². The zero-order valence-electron chi connectivity index (χ0n) is 14.3. The normalized spacial score (nSPS) is 11.1. The first kappa shape index (κ1) is 15.5. The second-order valence-electron chi connectivity index (χ2n) is 6.27. The van der Waals surface area contributed by atoms with E-state index in [-0.39, 0.29) is 5.82 Å². The summed E-state index contributed by atoms with van der Waals surface area (Å²) in [6, 6.07) is 24.2. The molecule has 2 aromatic heterocycles. The molecular formula is C22H15FN4. The van der Waals surface area contributed by atoms with Crippen LogP contribution in [0.3, 0.4) is 0 Å². The molecule has 1 N–H and O–H groups in total. The Morgan fingerprint density at radius 1 is 0.778 bits per heavy atom. The molecule has 0 radical (unpaired) electrons. The predicted octanol–water partition coefficient (Wildman–Crippen LogP) is 5.46. The van der Waals surface area contributed by atoms with Crippen LogP contribution in [0.1, 0.15) is 0 Å². The molecule has 2 heterocycles. The molecule has 27 heavy (non-hydrogen) atoms. The largest absolute Gasteiger partial charge is 0.354 e. The van der Waals surface area contributed by atoms with Crippen molar-refractivity contribution in [2.45, 2.75) is 0 Å². The molecule has 0 aliphatic rings. The van der Waals surface area contributed by atoms with E-state index in [4.69, 9.17) is 4.98 Å². The number of para-hydroxylation sites is 2. The van der Waals surface area contributed by atoms with Gasteiger partial charge in [0.1, 0.15) is 5.82 Å². The van der Waals surface area contributed by atoms with Gasteiger partial charge in [-0.15, -0.1) is 0 Å². The third kappa shape index (κ3) is 2.69. The number of pyridine rings is 1. The third-order valence-electron chi connectivity index (χ3n) is 4.53. The molecule has 0 aliphatic carbocycles. The van der Waals surface area contributed by atoms with Gasteiger partial charge in [0.25, 0.3) is 0 Å². The molecule has 5 heteroatoms. The molecule has 0 amide bonds. The number of hydrogen-bond acceptors (Lipinski definition) is 3. The predicted molar refractivity (Wildman–Crippen MR) is 106 cm³/mol. The van der Waals surface area contributed by atoms with Crippen molar-refractivity contribution in [3.05, 3.63) is 90.9 Å². The van der Waals surface area contributed by atoms with E-state index in [1.165, 1.54) is 12.1 Å². The van der Waals surface area contributed by atoms with Crippen molar-refractivity contribution >= 4 is 33.3 Å². The minimum Gasteiger partial charge on any atom is -0.354 e. The number of halogens is 1. The van der Waals surface area contributed by atoms with Crippen molar-refractivity contribution in [1.29, 1.82) is 0 Å². The standard InChI is InChI=1S/C22H15FN4/c23-15-10-12-16(13-11-15)25-21-18-8-4-5-9-20(18)26-22-19(21)14-24-27(22)17-6-2-1-3-7-17/h1-14H,(H,25,26). The fourth-order valence-corrected chi connectivity index (χ4v) is 3.24. The van der Waals surface area contributed by atoms with Gasteiger partial charge in [0, 0.05) is 11.1 Å². The zero-order chi connectivity index (χ0) is 18.2. The van der Waals surface area contributed by atoms with Crippen molar-refractivity contribution in [3.8, 4) is 5.69 Å². The molecule has 0 bridgehead atoms. The minimum atomic E-state index is -0.262. The summed E-state index contributed by atoms with van der Waals surface area (Å²) in [6.07, 6.45) is 1.81. The van der Waals surface area contributed by atoms with Gasteiger partial charge in [-0.25, -0.2) is 14.1 Å². The number of nitrogens with one attached hydrogen (secondary N) is 1. The van der Waals surface area contributed by atoms with Gasteiger partial charge in [0.2, 0.25) is 0 Å². The fraction of sp³-hybridized carbons (Fsp3) is 0. The smallest absolute Gasteiger partial charge is 0.165 e. The van der Waals surface area contributed by atoms with Crippen LogP contribution in [0.5, 0.6) is 0 Å². The van der Waals surface area contributed by atoms with Crippen LogP contribution >= 0.6 is 0 Å². The van der Waals surface area contributed by atoms with Crippen molar-refractivity contribution < 1.29 is 4.39 Å². The zero-order valence-corrected chi connectivity index (χ0v) is 14.3. The summed E-state index contributed by atoms with van der Waals surface area (Å²) in [6.45, 7) is 0. The maximum Gasteiger partial charge on any atom is 0.165 e. The minimum absolute atomic E-state index is 0.262. The quantitative estimate of drug-likeness (QED) is 0.468. The molecule has 0 unspecified atom stereocenters. The second-order valence-corrected chi connectivity index (χ2v) is 6.27. The van der Waals surface area contributed by atoms with Crippen LogP contribution in [0.15, 0.2) is 85.1 Å². The molecule has 5 rings (SSSR count). The first-order chi connectivity index (χ1) is 13.3. The highest BCUT2D eigenvalue weighted by atomic mass is 19.1. The number of hydrogen-bond donors (Lipinski definition) is 1. The summed E-state index contributed by atoms with van der Waals surface area (Å²) in [5, 5.41) is 9.87. The molecule has 0 saturated heterocycles. The highest BCUT2D eigenvalue weighted by Gasteiger charge is 2.14. The monoisotopic (exact) mass is 354 g/mol. The van der Waals surface area contributed by atoms with Gasteiger partial charge in [-0.3, -0.25) is 0 Å². The van der Waals surface area contributed by atoms with Crippen molar-refractivity contribution in [3.63, 3.8) is 0 Å². The van der Waals surface area contributed by atoms with Crippen molar-refractivity contribution in [2.75, 3.05) is 5.32 Å². The lowest BCUT2D eigenvalue weighted by Crippen LogP contribution is -1.99. The van der Waals surface area contributed by atoms with Crippen molar-refractivity contribution in [2.24, 2.45) is 0 Å². The number of nitrogens with zero attached hydrogens (tertiary/aromatic N) is 3. The summed E-state index contributed by atoms with van der Waals surface area (Å²) in [5.41, 5.74) is 4.30. The van der Waals surface area contributed by atoms with Crippen LogP contribution in [-0.4, -0.2) is 14.8 Å². The lowest BCUT2D eigenvalue weighted by Gasteiger charge is -2.12. The van der Waals surface area contributed by atoms with Crippen LogP contribution in [0, 0.1) is 5.82 Å². The van der Waals surface area contributed by atoms with E-state index in [1.807, 2.05) is 65.5 Å². The number of rotatable bonds is 3. The van der Waals surface area contributed by atoms with Gasteiger partial charge in [-0.05, 0) is 42.5 Å². The first-order valence-electron chi connectivity index (χ1n) is 8.64. The second kappa shape index (κ2) is 6.21. The summed E-state index contributed by atoms with van der Waals surface area (Å²) < 4.78 is 15.1. The average molecular weight is 354 g/mol. The first-order valence-corrected chi connectivity index (χ1v) is 8.64. The molecule has 130 valence electrons. The van der Waals surface area contributed by atoms with E-state index < -0.39 is 0 Å². The summed E-state index contributed by atoms with van der Waals surface area (Å²) in [4.78, 5) is 4.83. The molecule has 0 aliphatic heterocycles. The molecule has 0 atom stereocenters. The van der Waals surface area contributed by atoms with E-state index >= 15 is 0 Å². The van der Waals surface area contributed by atoms with Crippen LogP contribution < -0.4 is 5.32 Å². The van der Waals surface area contributed by atoms with Crippen LogP contribution in [0.25, 0.3) is 27.6 Å². The summed E-state index contributed by atoms with van der Waals surface area (Å²) >= 11 is 0. The molecule has 0 fully saturated rings. The number of fused-ring (bicyclic) bond motifs is 2. The van der Waals surface area contributed by atoms with Gasteiger partial charge in [0.15, 0.2) is 5.65 Å². The Balaban J connectivity index is 1.76. The fourth-order valence-electron chi connectivity index (χ4n) is 3.24. The molecule has 3 aromatic carbocycles. The lowest BCUT2D eigenvalue weighted by molar-refractivity contribution is 0.628. The Hall–Kier alpha value is -3.73. The van der Waals surface area contributed by atoms with E-state index in [2.05, 4.69) is 10.4 Å². The number of anilines is 2. The maximum atomic E-state index is 13.3. The number of aromatic nitrogens is 3. The summed E-state index contributed by atoms with van der Waals surface area (Å²) in [7, 11) is 0. The van der Waals surface area contributed by atoms with Crippen LogP contribution in [-0.2, 0) is 0 Å². The molecule has 0 spiro atoms.